The number of hydrogen-bond acceptors (Lipinski definition) is 2. The van der Waals surface area contributed by atoms with E-state index in [0.29, 0.717) is 49.1 Å². The van der Waals surface area contributed by atoms with Gasteiger partial charge in [0.25, 0.3) is 0 Å². The summed E-state index contributed by atoms with van der Waals surface area (Å²) in [6, 6.07) is 13.3. The Morgan fingerprint density at radius 1 is 1.10 bits per heavy atom. The number of nitrogens with zero attached hydrogens (tertiary/aromatic N) is 2. The molecule has 3 aromatic rings. The molecular formula is C21H21Cl2N2NaO3. The molecule has 5 nitrogen and oxygen atoms in total. The molecule has 29 heavy (non-hydrogen) atoms. The predicted octanol–water partition coefficient (Wildman–Crippen LogP) is 4.46. The van der Waals surface area contributed by atoms with Crippen molar-refractivity contribution in [2.75, 3.05) is 19.7 Å². The van der Waals surface area contributed by atoms with Gasteiger partial charge in [-0.2, -0.15) is 0 Å². The topological polar surface area (TPSA) is 54.7 Å². The van der Waals surface area contributed by atoms with Gasteiger partial charge in [-0.15, -0.1) is 0 Å². The van der Waals surface area contributed by atoms with Crippen LogP contribution in [0.25, 0.3) is 10.9 Å². The molecule has 0 unspecified atom stereocenters. The molecule has 1 N–H and O–H groups in total. The van der Waals surface area contributed by atoms with Crippen molar-refractivity contribution in [1.29, 1.82) is 0 Å². The molecule has 0 fully saturated rings. The van der Waals surface area contributed by atoms with Crippen molar-refractivity contribution in [3.63, 3.8) is 0 Å². The van der Waals surface area contributed by atoms with Crippen LogP contribution in [-0.4, -0.2) is 69.9 Å². The first-order valence-electron chi connectivity index (χ1n) is 9.19. The Morgan fingerprint density at radius 3 is 2.55 bits per heavy atom. The summed E-state index contributed by atoms with van der Waals surface area (Å²) in [5.41, 5.74) is 3.20. The second-order valence-electron chi connectivity index (χ2n) is 6.79. The molecule has 4 rings (SSSR count). The molecule has 1 amide bonds. The Hall–Kier alpha value is -1.37. The van der Waals surface area contributed by atoms with Crippen LogP contribution < -0.4 is 4.74 Å². The molecule has 0 saturated carbocycles. The number of para-hydroxylation sites is 1. The van der Waals surface area contributed by atoms with Gasteiger partial charge >= 0.3 is 35.7 Å². The summed E-state index contributed by atoms with van der Waals surface area (Å²) in [6.07, 6.45) is 0.379. The first-order chi connectivity index (χ1) is 13.5. The summed E-state index contributed by atoms with van der Waals surface area (Å²) in [5, 5.41) is 11.5. The van der Waals surface area contributed by atoms with Crippen LogP contribution in [0, 0.1) is 0 Å². The van der Waals surface area contributed by atoms with Crippen molar-refractivity contribution in [2.24, 2.45) is 0 Å². The number of hydrogen-bond donors (Lipinski definition) is 1. The summed E-state index contributed by atoms with van der Waals surface area (Å²) in [5.74, 6) is 0.818. The molecule has 0 radical (unpaired) electrons. The van der Waals surface area contributed by atoms with E-state index in [0.717, 1.165) is 27.9 Å². The van der Waals surface area contributed by atoms with E-state index in [4.69, 9.17) is 27.9 Å². The fraction of sp³-hybridized carbons (Fsp3) is 0.286. The van der Waals surface area contributed by atoms with Gasteiger partial charge in [0, 0.05) is 35.6 Å². The molecule has 1 aliphatic rings. The van der Waals surface area contributed by atoms with Crippen molar-refractivity contribution < 1.29 is 14.6 Å². The third kappa shape index (κ3) is 4.70. The molecule has 0 spiro atoms. The summed E-state index contributed by atoms with van der Waals surface area (Å²) < 4.78 is 8.06. The number of carboxylic acid groups (broad SMARTS) is 1. The second kappa shape index (κ2) is 9.63. The van der Waals surface area contributed by atoms with Crippen molar-refractivity contribution in [1.82, 2.24) is 9.47 Å². The molecular weight excluding hydrogens is 422 g/mol. The number of carbonyl (C=O) groups is 1. The van der Waals surface area contributed by atoms with Crippen LogP contribution in [0.1, 0.15) is 11.3 Å². The van der Waals surface area contributed by atoms with Crippen LogP contribution >= 0.6 is 23.2 Å². The molecule has 1 aliphatic heterocycles. The maximum atomic E-state index is 11.4. The van der Waals surface area contributed by atoms with Gasteiger partial charge in [-0.05, 0) is 36.2 Å². The Bertz CT molecular complexity index is 1020. The van der Waals surface area contributed by atoms with Gasteiger partial charge in [0.1, 0.15) is 12.4 Å². The molecule has 1 aromatic heterocycles. The third-order valence-corrected chi connectivity index (χ3v) is 5.66. The van der Waals surface area contributed by atoms with Gasteiger partial charge in [0.2, 0.25) is 0 Å². The zero-order valence-electron chi connectivity index (χ0n) is 15.2. The average Bonchev–Trinajstić information content (AvgIpc) is 2.81. The zero-order chi connectivity index (χ0) is 19.7. The van der Waals surface area contributed by atoms with Crippen LogP contribution in [0.3, 0.4) is 0 Å². The molecule has 8 heteroatoms. The monoisotopic (exact) mass is 442 g/mol. The molecule has 0 aliphatic carbocycles. The number of rotatable bonds is 4. The van der Waals surface area contributed by atoms with Crippen LogP contribution in [0.15, 0.2) is 42.5 Å². The van der Waals surface area contributed by atoms with Gasteiger partial charge in [0.05, 0.1) is 17.1 Å². The summed E-state index contributed by atoms with van der Waals surface area (Å²) >= 11 is 12.8. The minimum atomic E-state index is -0.887. The Morgan fingerprint density at radius 2 is 1.83 bits per heavy atom. The van der Waals surface area contributed by atoms with Crippen LogP contribution in [-0.2, 0) is 19.4 Å². The average molecular weight is 443 g/mol. The molecule has 148 valence electrons. The van der Waals surface area contributed by atoms with E-state index in [1.807, 2.05) is 36.4 Å². The number of amides is 1. The third-order valence-electron chi connectivity index (χ3n) is 5.15. The number of ether oxygens (including phenoxy) is 1. The maximum absolute atomic E-state index is 11.4. The fourth-order valence-corrected chi connectivity index (χ4v) is 4.49. The predicted molar refractivity (Wildman–Crippen MR) is 118 cm³/mol. The van der Waals surface area contributed by atoms with E-state index >= 15 is 0 Å². The van der Waals surface area contributed by atoms with Crippen molar-refractivity contribution in [3.05, 3.63) is 63.8 Å². The molecule has 0 atom stereocenters. The van der Waals surface area contributed by atoms with E-state index in [-0.39, 0.29) is 29.6 Å². The fourth-order valence-electron chi connectivity index (χ4n) is 3.90. The van der Waals surface area contributed by atoms with E-state index in [9.17, 15) is 9.90 Å². The van der Waals surface area contributed by atoms with E-state index in [2.05, 4.69) is 4.57 Å². The van der Waals surface area contributed by atoms with Crippen molar-refractivity contribution in [3.8, 4) is 5.75 Å². The Labute approximate surface area is 201 Å². The molecule has 0 saturated heterocycles. The standard InChI is InChI=1S/C21H20Cl2N2O3.Na.H/c22-14-12-17(23)20-16-6-8-24(21(26)27)9-7-18(16)25(19(20)13-14)10-11-28-15-4-2-1-3-5-15;;/h1-5,12-13H,6-11H2,(H,26,27);;. The zero-order valence-corrected chi connectivity index (χ0v) is 16.7. The number of aromatic nitrogens is 1. The summed E-state index contributed by atoms with van der Waals surface area (Å²) in [4.78, 5) is 12.9. The summed E-state index contributed by atoms with van der Waals surface area (Å²) in [6.45, 7) is 2.04. The van der Waals surface area contributed by atoms with E-state index < -0.39 is 6.09 Å². The first kappa shape index (κ1) is 22.3. The number of halogens is 2. The van der Waals surface area contributed by atoms with Crippen molar-refractivity contribution in [2.45, 2.75) is 19.4 Å². The van der Waals surface area contributed by atoms with Crippen LogP contribution in [0.5, 0.6) is 5.75 Å². The summed E-state index contributed by atoms with van der Waals surface area (Å²) in [7, 11) is 0. The minimum absolute atomic E-state index is 0. The van der Waals surface area contributed by atoms with E-state index in [1.165, 1.54) is 4.90 Å². The molecule has 0 bridgehead atoms. The van der Waals surface area contributed by atoms with E-state index in [1.54, 1.807) is 6.07 Å². The van der Waals surface area contributed by atoms with Crippen molar-refractivity contribution >= 4 is 69.8 Å². The normalized spacial score (nSPS) is 13.5. The second-order valence-corrected chi connectivity index (χ2v) is 7.63. The SMILES string of the molecule is O=C(O)N1CCc2c(n(CCOc3ccccc3)c3cc(Cl)cc(Cl)c23)CC1.[NaH]. The first-order valence-corrected chi connectivity index (χ1v) is 9.95. The van der Waals surface area contributed by atoms with Gasteiger partial charge in [-0.25, -0.2) is 4.79 Å². The van der Waals surface area contributed by atoms with Crippen LogP contribution in [0.2, 0.25) is 10.0 Å². The Kier molecular flexibility index (Phi) is 7.41. The molecule has 2 heterocycles. The quantitative estimate of drug-likeness (QED) is 0.606. The van der Waals surface area contributed by atoms with Gasteiger partial charge in [-0.3, -0.25) is 0 Å². The number of benzene rings is 2. The number of fused-ring (bicyclic) bond motifs is 3. The molecule has 2 aromatic carbocycles. The van der Waals surface area contributed by atoms with Gasteiger partial charge in [0.15, 0.2) is 0 Å². The van der Waals surface area contributed by atoms with Gasteiger partial charge < -0.3 is 19.3 Å². The van der Waals surface area contributed by atoms with Gasteiger partial charge in [-0.1, -0.05) is 41.4 Å². The van der Waals surface area contributed by atoms with Crippen LogP contribution in [0.4, 0.5) is 4.79 Å². The Balaban J connectivity index is 0.00000240.